The molecule has 0 aliphatic carbocycles. The molecule has 2 amide bonds. The molecule has 1 atom stereocenters. The number of carbonyl (C=O) groups is 2. The SMILES string of the molecule is CCCCOC(=O)C1=C(C)N(C)C(=O)N[C@H]1c1ccccc1I. The van der Waals surface area contributed by atoms with Crippen molar-refractivity contribution in [2.45, 2.75) is 32.7 Å². The van der Waals surface area contributed by atoms with E-state index in [9.17, 15) is 9.59 Å². The number of halogens is 1. The quantitative estimate of drug-likeness (QED) is 0.443. The fourth-order valence-corrected chi connectivity index (χ4v) is 3.13. The highest BCUT2D eigenvalue weighted by molar-refractivity contribution is 14.1. The van der Waals surface area contributed by atoms with Gasteiger partial charge in [0.15, 0.2) is 0 Å². The van der Waals surface area contributed by atoms with Gasteiger partial charge in [0.2, 0.25) is 0 Å². The molecule has 0 radical (unpaired) electrons. The minimum absolute atomic E-state index is 0.225. The maximum absolute atomic E-state index is 12.6. The van der Waals surface area contributed by atoms with Crippen molar-refractivity contribution in [3.63, 3.8) is 0 Å². The lowest BCUT2D eigenvalue weighted by molar-refractivity contribution is -0.139. The molecule has 2 rings (SSSR count). The van der Waals surface area contributed by atoms with Crippen LogP contribution in [0.15, 0.2) is 35.5 Å². The highest BCUT2D eigenvalue weighted by atomic mass is 127. The zero-order chi connectivity index (χ0) is 17.0. The molecule has 1 heterocycles. The third-order valence-corrected chi connectivity index (χ3v) is 4.90. The monoisotopic (exact) mass is 428 g/mol. The number of rotatable bonds is 5. The van der Waals surface area contributed by atoms with Gasteiger partial charge in [0.25, 0.3) is 0 Å². The highest BCUT2D eigenvalue weighted by Gasteiger charge is 2.35. The minimum Gasteiger partial charge on any atom is -0.462 e. The maximum atomic E-state index is 12.6. The number of nitrogens with one attached hydrogen (secondary N) is 1. The van der Waals surface area contributed by atoms with Crippen LogP contribution in [0.25, 0.3) is 0 Å². The standard InChI is InChI=1S/C17H21IN2O3/c1-4-5-10-23-16(21)14-11(2)20(3)17(22)19-15(14)12-8-6-7-9-13(12)18/h6-9,15H,4-5,10H2,1-3H3,(H,19,22)/t15-/m0/s1. The van der Waals surface area contributed by atoms with E-state index in [4.69, 9.17) is 4.74 Å². The summed E-state index contributed by atoms with van der Waals surface area (Å²) < 4.78 is 6.38. The molecule has 0 spiro atoms. The van der Waals surface area contributed by atoms with Crippen molar-refractivity contribution in [2.75, 3.05) is 13.7 Å². The van der Waals surface area contributed by atoms with Crippen LogP contribution in [-0.2, 0) is 9.53 Å². The Hall–Kier alpha value is -1.57. The van der Waals surface area contributed by atoms with Gasteiger partial charge in [0.1, 0.15) is 0 Å². The zero-order valence-electron chi connectivity index (χ0n) is 13.6. The Bertz CT molecular complexity index is 642. The van der Waals surface area contributed by atoms with Crippen LogP contribution >= 0.6 is 22.6 Å². The molecule has 0 aromatic heterocycles. The first-order chi connectivity index (χ1) is 11.0. The predicted molar refractivity (Wildman–Crippen MR) is 96.8 cm³/mol. The maximum Gasteiger partial charge on any atom is 0.338 e. The van der Waals surface area contributed by atoms with Crippen molar-refractivity contribution in [1.82, 2.24) is 10.2 Å². The van der Waals surface area contributed by atoms with E-state index in [-0.39, 0.29) is 12.0 Å². The Balaban J connectivity index is 2.40. The van der Waals surface area contributed by atoms with Crippen LogP contribution in [0.4, 0.5) is 4.79 Å². The van der Waals surface area contributed by atoms with E-state index in [1.165, 1.54) is 4.90 Å². The van der Waals surface area contributed by atoms with Crippen molar-refractivity contribution >= 4 is 34.6 Å². The van der Waals surface area contributed by atoms with Crippen LogP contribution in [0.1, 0.15) is 38.3 Å². The molecule has 0 saturated carbocycles. The molecule has 0 bridgehead atoms. The molecule has 1 aliphatic rings. The van der Waals surface area contributed by atoms with Crippen LogP contribution < -0.4 is 5.32 Å². The molecule has 1 N–H and O–H groups in total. The van der Waals surface area contributed by atoms with Gasteiger partial charge >= 0.3 is 12.0 Å². The average molecular weight is 428 g/mol. The van der Waals surface area contributed by atoms with Crippen LogP contribution in [0, 0.1) is 3.57 Å². The second kappa shape index (κ2) is 7.81. The first-order valence-electron chi connectivity index (χ1n) is 7.63. The van der Waals surface area contributed by atoms with E-state index in [1.807, 2.05) is 31.2 Å². The Morgan fingerprint density at radius 1 is 1.39 bits per heavy atom. The fourth-order valence-electron chi connectivity index (χ4n) is 2.43. The average Bonchev–Trinajstić information content (AvgIpc) is 2.53. The molecular weight excluding hydrogens is 407 g/mol. The summed E-state index contributed by atoms with van der Waals surface area (Å²) in [4.78, 5) is 26.2. The third kappa shape index (κ3) is 3.85. The fraction of sp³-hybridized carbons (Fsp3) is 0.412. The molecule has 6 heteroatoms. The Labute approximate surface area is 150 Å². The molecule has 1 aromatic carbocycles. The van der Waals surface area contributed by atoms with Crippen molar-refractivity contribution in [2.24, 2.45) is 0 Å². The predicted octanol–water partition coefficient (Wildman–Crippen LogP) is 3.60. The summed E-state index contributed by atoms with van der Waals surface area (Å²) in [6.07, 6.45) is 1.79. The third-order valence-electron chi connectivity index (χ3n) is 3.92. The molecular formula is C17H21IN2O3. The van der Waals surface area contributed by atoms with Crippen molar-refractivity contribution in [3.05, 3.63) is 44.7 Å². The summed E-state index contributed by atoms with van der Waals surface area (Å²) >= 11 is 2.21. The van der Waals surface area contributed by atoms with Crippen LogP contribution in [-0.4, -0.2) is 30.6 Å². The van der Waals surface area contributed by atoms with E-state index >= 15 is 0 Å². The summed E-state index contributed by atoms with van der Waals surface area (Å²) in [7, 11) is 1.65. The first-order valence-corrected chi connectivity index (χ1v) is 8.71. The second-order valence-electron chi connectivity index (χ2n) is 5.45. The Kier molecular flexibility index (Phi) is 6.04. The number of hydrogen-bond acceptors (Lipinski definition) is 3. The van der Waals surface area contributed by atoms with Gasteiger partial charge in [0.05, 0.1) is 18.2 Å². The largest absolute Gasteiger partial charge is 0.462 e. The molecule has 5 nitrogen and oxygen atoms in total. The van der Waals surface area contributed by atoms with E-state index in [2.05, 4.69) is 27.9 Å². The number of carbonyl (C=O) groups excluding carboxylic acids is 2. The normalized spacial score (nSPS) is 18.0. The van der Waals surface area contributed by atoms with Gasteiger partial charge in [-0.2, -0.15) is 0 Å². The highest BCUT2D eigenvalue weighted by Crippen LogP contribution is 2.32. The number of esters is 1. The number of allylic oxidation sites excluding steroid dienone is 1. The number of unbranched alkanes of at least 4 members (excludes halogenated alkanes) is 1. The molecule has 124 valence electrons. The second-order valence-corrected chi connectivity index (χ2v) is 6.61. The van der Waals surface area contributed by atoms with Gasteiger partial charge in [-0.1, -0.05) is 31.5 Å². The van der Waals surface area contributed by atoms with Crippen molar-refractivity contribution < 1.29 is 14.3 Å². The molecule has 23 heavy (non-hydrogen) atoms. The lowest BCUT2D eigenvalue weighted by atomic mass is 9.95. The summed E-state index contributed by atoms with van der Waals surface area (Å²) in [6, 6.07) is 6.99. The van der Waals surface area contributed by atoms with Crippen molar-refractivity contribution in [3.8, 4) is 0 Å². The van der Waals surface area contributed by atoms with Crippen molar-refractivity contribution in [1.29, 1.82) is 0 Å². The summed E-state index contributed by atoms with van der Waals surface area (Å²) in [5.41, 5.74) is 2.02. The number of urea groups is 1. The zero-order valence-corrected chi connectivity index (χ0v) is 15.7. The van der Waals surface area contributed by atoms with Crippen LogP contribution in [0.2, 0.25) is 0 Å². The molecule has 0 fully saturated rings. The molecule has 1 aromatic rings. The molecule has 0 unspecified atom stereocenters. The van der Waals surface area contributed by atoms with E-state index < -0.39 is 6.04 Å². The summed E-state index contributed by atoms with van der Waals surface area (Å²) in [5, 5.41) is 2.90. The Morgan fingerprint density at radius 3 is 2.74 bits per heavy atom. The van der Waals surface area contributed by atoms with Gasteiger partial charge in [-0.05, 0) is 47.6 Å². The van der Waals surface area contributed by atoms with Crippen LogP contribution in [0.5, 0.6) is 0 Å². The van der Waals surface area contributed by atoms with Gasteiger partial charge < -0.3 is 15.0 Å². The number of amides is 2. The smallest absolute Gasteiger partial charge is 0.338 e. The van der Waals surface area contributed by atoms with E-state index in [0.29, 0.717) is 17.9 Å². The number of benzene rings is 1. The van der Waals surface area contributed by atoms with E-state index in [1.54, 1.807) is 14.0 Å². The van der Waals surface area contributed by atoms with E-state index in [0.717, 1.165) is 22.0 Å². The van der Waals surface area contributed by atoms with Gasteiger partial charge in [0, 0.05) is 16.3 Å². The van der Waals surface area contributed by atoms with Gasteiger partial charge in [-0.15, -0.1) is 0 Å². The number of hydrogen-bond donors (Lipinski definition) is 1. The summed E-state index contributed by atoms with van der Waals surface area (Å²) in [6.45, 7) is 4.21. The van der Waals surface area contributed by atoms with Gasteiger partial charge in [-0.25, -0.2) is 9.59 Å². The lowest BCUT2D eigenvalue weighted by Crippen LogP contribution is -2.46. The molecule has 0 saturated heterocycles. The topological polar surface area (TPSA) is 58.6 Å². The van der Waals surface area contributed by atoms with Crippen LogP contribution in [0.3, 0.4) is 0 Å². The number of ether oxygens (including phenoxy) is 1. The lowest BCUT2D eigenvalue weighted by Gasteiger charge is -2.33. The number of nitrogens with zero attached hydrogens (tertiary/aromatic N) is 1. The molecule has 1 aliphatic heterocycles. The Morgan fingerprint density at radius 2 is 2.09 bits per heavy atom. The first kappa shape index (κ1) is 17.8. The summed E-state index contributed by atoms with van der Waals surface area (Å²) in [5.74, 6) is -0.368. The minimum atomic E-state index is -0.485. The van der Waals surface area contributed by atoms with Gasteiger partial charge in [-0.3, -0.25) is 0 Å².